The van der Waals surface area contributed by atoms with E-state index < -0.39 is 17.8 Å². The van der Waals surface area contributed by atoms with Gasteiger partial charge in [-0.15, -0.1) is 11.8 Å². The van der Waals surface area contributed by atoms with Gasteiger partial charge in [-0.05, 0) is 33.6 Å². The molecule has 4 rings (SSSR count). The largest absolute Gasteiger partial charge is 0.456 e. The number of hydrogen-bond acceptors (Lipinski definition) is 5. The van der Waals surface area contributed by atoms with Crippen LogP contribution in [0.25, 0.3) is 0 Å². The first kappa shape index (κ1) is 15.1. The summed E-state index contributed by atoms with van der Waals surface area (Å²) in [5.41, 5.74) is 2.55. The van der Waals surface area contributed by atoms with E-state index in [1.54, 1.807) is 12.1 Å². The maximum atomic E-state index is 13.6. The monoisotopic (exact) mass is 395 g/mol. The normalized spacial score (nSPS) is 26.6. The van der Waals surface area contributed by atoms with Crippen LogP contribution in [0.5, 0.6) is 0 Å². The molecule has 2 atom stereocenters. The van der Waals surface area contributed by atoms with Crippen LogP contribution in [0.4, 0.5) is 4.39 Å². The Hall–Kier alpha value is -1.47. The summed E-state index contributed by atoms with van der Waals surface area (Å²) < 4.78 is 19.0. The molecule has 0 radical (unpaired) electrons. The van der Waals surface area contributed by atoms with Crippen molar-refractivity contribution in [2.45, 2.75) is 5.92 Å². The number of ketones is 1. The Morgan fingerprint density at radius 2 is 2.09 bits per heavy atom. The van der Waals surface area contributed by atoms with E-state index in [4.69, 9.17) is 4.74 Å². The summed E-state index contributed by atoms with van der Waals surface area (Å²) in [6.45, 7) is 0.141. The van der Waals surface area contributed by atoms with E-state index in [2.05, 4.69) is 20.9 Å². The zero-order valence-electron chi connectivity index (χ0n) is 11.8. The Balaban J connectivity index is 1.89. The molecule has 3 aliphatic heterocycles. The van der Waals surface area contributed by atoms with Gasteiger partial charge in [-0.3, -0.25) is 9.79 Å². The van der Waals surface area contributed by atoms with Gasteiger partial charge in [0.2, 0.25) is 0 Å². The molecule has 2 unspecified atom stereocenters. The lowest BCUT2D eigenvalue weighted by molar-refractivity contribution is -0.136. The number of Topliss-reactive ketones (excluding diaryl/α,β-unsaturated/α-hetero) is 1. The van der Waals surface area contributed by atoms with Crippen molar-refractivity contribution in [1.29, 1.82) is 0 Å². The number of ether oxygens (including phenoxy) is 1. The molecule has 1 aromatic carbocycles. The summed E-state index contributed by atoms with van der Waals surface area (Å²) in [5, 5.41) is 0. The van der Waals surface area contributed by atoms with Crippen LogP contribution in [0.1, 0.15) is 11.5 Å². The number of carbonyl (C=O) groups is 2. The highest BCUT2D eigenvalue weighted by molar-refractivity contribution is 9.10. The number of benzene rings is 1. The van der Waals surface area contributed by atoms with Crippen LogP contribution in [0.15, 0.2) is 38.9 Å². The van der Waals surface area contributed by atoms with Crippen molar-refractivity contribution in [3.05, 3.63) is 45.3 Å². The smallest absolute Gasteiger partial charge is 0.337 e. The Bertz CT molecular complexity index is 805. The van der Waals surface area contributed by atoms with Gasteiger partial charge in [0.25, 0.3) is 0 Å². The molecule has 3 aliphatic rings. The van der Waals surface area contributed by atoms with Gasteiger partial charge in [-0.25, -0.2) is 9.18 Å². The van der Waals surface area contributed by atoms with Crippen LogP contribution in [0.3, 0.4) is 0 Å². The van der Waals surface area contributed by atoms with Crippen LogP contribution in [0, 0.1) is 11.7 Å². The Kier molecular flexibility index (Phi) is 3.65. The lowest BCUT2D eigenvalue weighted by atomic mass is 9.74. The van der Waals surface area contributed by atoms with Crippen molar-refractivity contribution in [2.24, 2.45) is 10.9 Å². The molecule has 1 aromatic rings. The van der Waals surface area contributed by atoms with Crippen molar-refractivity contribution >= 4 is 45.2 Å². The number of nitrogens with zero attached hydrogens (tertiary/aromatic N) is 1. The number of hydrogen-bond donors (Lipinski definition) is 0. The van der Waals surface area contributed by atoms with E-state index in [9.17, 15) is 14.0 Å². The summed E-state index contributed by atoms with van der Waals surface area (Å²) in [5.74, 6) is -0.598. The number of fused-ring (bicyclic) bond motifs is 1. The van der Waals surface area contributed by atoms with Gasteiger partial charge < -0.3 is 4.74 Å². The predicted octanol–water partition coefficient (Wildman–Crippen LogP) is 2.87. The molecule has 0 spiro atoms. The fourth-order valence-corrected chi connectivity index (χ4v) is 4.65. The second-order valence-electron chi connectivity index (χ2n) is 5.63. The molecule has 0 saturated carbocycles. The first-order valence-electron chi connectivity index (χ1n) is 7.09. The minimum absolute atomic E-state index is 0.0525. The highest BCUT2D eigenvalue weighted by atomic mass is 79.9. The maximum absolute atomic E-state index is 13.6. The second kappa shape index (κ2) is 5.56. The summed E-state index contributed by atoms with van der Waals surface area (Å²) in [6, 6.07) is 4.60. The molecule has 0 N–H and O–H groups in total. The molecule has 1 saturated heterocycles. The topological polar surface area (TPSA) is 55.7 Å². The number of halogens is 2. The van der Waals surface area contributed by atoms with Crippen LogP contribution >= 0.6 is 27.7 Å². The van der Waals surface area contributed by atoms with E-state index in [1.165, 1.54) is 17.8 Å². The zero-order chi connectivity index (χ0) is 16.1. The molecule has 118 valence electrons. The molecule has 23 heavy (non-hydrogen) atoms. The van der Waals surface area contributed by atoms with Crippen molar-refractivity contribution in [1.82, 2.24) is 0 Å². The average molecular weight is 396 g/mol. The molecular formula is C16H11BrFNO3S. The molecule has 0 amide bonds. The highest BCUT2D eigenvalue weighted by Gasteiger charge is 2.46. The fraction of sp³-hybridized carbons (Fsp3) is 0.312. The minimum Gasteiger partial charge on any atom is -0.456 e. The first-order valence-corrected chi connectivity index (χ1v) is 9.04. The third-order valence-electron chi connectivity index (χ3n) is 4.30. The lowest BCUT2D eigenvalue weighted by Crippen LogP contribution is -2.40. The predicted molar refractivity (Wildman–Crippen MR) is 88.1 cm³/mol. The first-order chi connectivity index (χ1) is 11.1. The van der Waals surface area contributed by atoms with Gasteiger partial charge in [-0.2, -0.15) is 0 Å². The SMILES string of the molecule is O=C1OCC2=C1C(c1ccc(F)c(Br)c1)C1C(=O)CSCC1=N2. The number of cyclic esters (lactones) is 1. The van der Waals surface area contributed by atoms with Gasteiger partial charge in [0, 0.05) is 17.4 Å². The summed E-state index contributed by atoms with van der Waals surface area (Å²) in [4.78, 5) is 29.2. The number of thioether (sulfide) groups is 1. The minimum atomic E-state index is -0.460. The summed E-state index contributed by atoms with van der Waals surface area (Å²) >= 11 is 4.71. The highest BCUT2D eigenvalue weighted by Crippen LogP contribution is 2.44. The molecule has 0 bridgehead atoms. The van der Waals surface area contributed by atoms with Crippen LogP contribution < -0.4 is 0 Å². The van der Waals surface area contributed by atoms with Crippen molar-refractivity contribution in [3.8, 4) is 0 Å². The van der Waals surface area contributed by atoms with Crippen LogP contribution in [0.2, 0.25) is 0 Å². The average Bonchev–Trinajstić information content (AvgIpc) is 2.90. The Morgan fingerprint density at radius 1 is 1.26 bits per heavy atom. The third-order valence-corrected chi connectivity index (χ3v) is 5.89. The molecule has 4 nitrogen and oxygen atoms in total. The molecule has 7 heteroatoms. The number of carbonyl (C=O) groups excluding carboxylic acids is 2. The van der Waals surface area contributed by atoms with Crippen molar-refractivity contribution in [2.75, 3.05) is 18.1 Å². The standard InChI is InChI=1S/C16H11BrFNO3S/c17-8-3-7(1-2-9(8)18)13-14-11(5-23-6-12(14)20)19-10-4-22-16(21)15(10)13/h1-3,13-14H,4-6H2. The van der Waals surface area contributed by atoms with Gasteiger partial charge in [-0.1, -0.05) is 6.07 Å². The number of esters is 1. The third kappa shape index (κ3) is 2.37. The van der Waals surface area contributed by atoms with Gasteiger partial charge >= 0.3 is 5.97 Å². The Morgan fingerprint density at radius 3 is 2.87 bits per heavy atom. The molecule has 1 fully saturated rings. The van der Waals surface area contributed by atoms with Crippen LogP contribution in [-0.2, 0) is 14.3 Å². The van der Waals surface area contributed by atoms with E-state index >= 15 is 0 Å². The second-order valence-corrected chi connectivity index (χ2v) is 7.47. The van der Waals surface area contributed by atoms with Gasteiger partial charge in [0.05, 0.1) is 27.4 Å². The molecule has 0 aliphatic carbocycles. The zero-order valence-corrected chi connectivity index (χ0v) is 14.2. The molecule has 3 heterocycles. The van der Waals surface area contributed by atoms with E-state index in [0.29, 0.717) is 27.2 Å². The number of rotatable bonds is 1. The van der Waals surface area contributed by atoms with E-state index in [0.717, 1.165) is 11.3 Å². The lowest BCUT2D eigenvalue weighted by Gasteiger charge is -2.33. The van der Waals surface area contributed by atoms with Crippen LogP contribution in [-0.4, -0.2) is 35.6 Å². The summed E-state index contributed by atoms with van der Waals surface area (Å²) in [6.07, 6.45) is 0. The van der Waals surface area contributed by atoms with Gasteiger partial charge in [0.1, 0.15) is 12.4 Å². The van der Waals surface area contributed by atoms with E-state index in [1.807, 2.05) is 0 Å². The quantitative estimate of drug-likeness (QED) is 0.686. The van der Waals surface area contributed by atoms with Gasteiger partial charge in [0.15, 0.2) is 5.78 Å². The van der Waals surface area contributed by atoms with Crippen molar-refractivity contribution in [3.63, 3.8) is 0 Å². The molecular weight excluding hydrogens is 385 g/mol. The van der Waals surface area contributed by atoms with Crippen molar-refractivity contribution < 1.29 is 18.7 Å². The fourth-order valence-electron chi connectivity index (χ4n) is 3.31. The summed E-state index contributed by atoms with van der Waals surface area (Å²) in [7, 11) is 0. The molecule has 0 aromatic heterocycles. The maximum Gasteiger partial charge on any atom is 0.337 e. The van der Waals surface area contributed by atoms with E-state index in [-0.39, 0.29) is 18.2 Å². The number of aliphatic imine (C=N–C) groups is 1. The Labute approximate surface area is 144 Å².